The minimum absolute atomic E-state index is 0.0641. The molecule has 7 nitrogen and oxygen atoms in total. The molecule has 18 heavy (non-hydrogen) atoms. The number of nitrogens with zero attached hydrogens (tertiary/aromatic N) is 1. The van der Waals surface area contributed by atoms with Crippen LogP contribution in [0.4, 0.5) is 5.82 Å². The Kier molecular flexibility index (Phi) is 4.22. The molecule has 0 spiro atoms. The first-order valence-electron chi connectivity index (χ1n) is 5.37. The molecule has 1 aromatic rings. The van der Waals surface area contributed by atoms with Crippen molar-refractivity contribution in [2.24, 2.45) is 11.6 Å². The molecule has 7 heteroatoms. The van der Waals surface area contributed by atoms with Crippen molar-refractivity contribution in [1.82, 2.24) is 10.3 Å². The first kappa shape index (κ1) is 13.9. The highest BCUT2D eigenvalue weighted by Crippen LogP contribution is 2.10. The molecule has 0 fully saturated rings. The van der Waals surface area contributed by atoms with E-state index in [1.54, 1.807) is 26.0 Å². The van der Waals surface area contributed by atoms with Crippen molar-refractivity contribution in [1.29, 1.82) is 0 Å². The molecule has 2 amide bonds. The molecule has 0 radical (unpaired) electrons. The van der Waals surface area contributed by atoms with E-state index in [9.17, 15) is 9.59 Å². The van der Waals surface area contributed by atoms with Gasteiger partial charge in [0.2, 0.25) is 5.91 Å². The minimum atomic E-state index is -0.701. The lowest BCUT2D eigenvalue weighted by Gasteiger charge is -2.24. The van der Waals surface area contributed by atoms with E-state index in [1.807, 2.05) is 0 Å². The smallest absolute Gasteiger partial charge is 0.253 e. The van der Waals surface area contributed by atoms with Gasteiger partial charge in [0.15, 0.2) is 0 Å². The maximum absolute atomic E-state index is 11.9. The van der Waals surface area contributed by atoms with Gasteiger partial charge in [0, 0.05) is 18.2 Å². The van der Waals surface area contributed by atoms with Crippen LogP contribution in [0.1, 0.15) is 30.6 Å². The number of hydrogen-bond donors (Lipinski definition) is 4. The Bertz CT molecular complexity index is 441. The topological polar surface area (TPSA) is 123 Å². The Labute approximate surface area is 105 Å². The lowest BCUT2D eigenvalue weighted by Crippen LogP contribution is -2.46. The van der Waals surface area contributed by atoms with Gasteiger partial charge in [-0.05, 0) is 26.0 Å². The molecular weight excluding hydrogens is 234 g/mol. The van der Waals surface area contributed by atoms with Gasteiger partial charge in [0.25, 0.3) is 5.91 Å². The molecular formula is C11H17N5O2. The molecule has 0 aliphatic carbocycles. The molecule has 0 atom stereocenters. The number of anilines is 1. The van der Waals surface area contributed by atoms with E-state index in [0.717, 1.165) is 0 Å². The lowest BCUT2D eigenvalue weighted by atomic mass is 10.00. The number of nitrogen functional groups attached to an aromatic ring is 1. The van der Waals surface area contributed by atoms with E-state index in [1.165, 1.54) is 6.20 Å². The number of nitrogens with two attached hydrogens (primary N) is 2. The van der Waals surface area contributed by atoms with E-state index >= 15 is 0 Å². The molecule has 0 unspecified atom stereocenters. The summed E-state index contributed by atoms with van der Waals surface area (Å²) in [7, 11) is 0. The van der Waals surface area contributed by atoms with Crippen molar-refractivity contribution in [3.8, 4) is 0 Å². The molecule has 1 rings (SSSR count). The third kappa shape index (κ3) is 4.02. The van der Waals surface area contributed by atoms with Crippen molar-refractivity contribution in [3.05, 3.63) is 23.9 Å². The molecule has 1 heterocycles. The SMILES string of the molecule is CC(C)(CC(N)=O)NC(=O)c1ccc(NN)nc1. The van der Waals surface area contributed by atoms with Crippen LogP contribution in [0.5, 0.6) is 0 Å². The Balaban J connectivity index is 2.72. The normalized spacial score (nSPS) is 10.8. The van der Waals surface area contributed by atoms with Crippen LogP contribution in [-0.4, -0.2) is 22.3 Å². The van der Waals surface area contributed by atoms with Gasteiger partial charge in [-0.3, -0.25) is 9.59 Å². The summed E-state index contributed by atoms with van der Waals surface area (Å²) < 4.78 is 0. The summed E-state index contributed by atoms with van der Waals surface area (Å²) in [5.74, 6) is 4.84. The van der Waals surface area contributed by atoms with Crippen LogP contribution in [-0.2, 0) is 4.79 Å². The number of hydrazine groups is 1. The van der Waals surface area contributed by atoms with E-state index in [-0.39, 0.29) is 12.3 Å². The fourth-order valence-electron chi connectivity index (χ4n) is 1.47. The Morgan fingerprint density at radius 2 is 2.06 bits per heavy atom. The van der Waals surface area contributed by atoms with Gasteiger partial charge >= 0.3 is 0 Å². The van der Waals surface area contributed by atoms with Crippen LogP contribution in [0.3, 0.4) is 0 Å². The van der Waals surface area contributed by atoms with Crippen LogP contribution in [0, 0.1) is 0 Å². The molecule has 0 saturated carbocycles. The average Bonchev–Trinajstić information content (AvgIpc) is 2.26. The van der Waals surface area contributed by atoms with Crippen molar-refractivity contribution in [3.63, 3.8) is 0 Å². The summed E-state index contributed by atoms with van der Waals surface area (Å²) in [6.07, 6.45) is 1.46. The minimum Gasteiger partial charge on any atom is -0.370 e. The Morgan fingerprint density at radius 1 is 1.39 bits per heavy atom. The number of pyridine rings is 1. The van der Waals surface area contributed by atoms with Gasteiger partial charge in [-0.15, -0.1) is 0 Å². The monoisotopic (exact) mass is 251 g/mol. The summed E-state index contributed by atoms with van der Waals surface area (Å²) in [5.41, 5.74) is 7.15. The maximum atomic E-state index is 11.9. The Hall–Kier alpha value is -2.15. The highest BCUT2D eigenvalue weighted by molar-refractivity contribution is 5.94. The van der Waals surface area contributed by atoms with Gasteiger partial charge in [-0.25, -0.2) is 10.8 Å². The molecule has 0 bridgehead atoms. The summed E-state index contributed by atoms with van der Waals surface area (Å²) in [6.45, 7) is 3.44. The molecule has 1 aromatic heterocycles. The largest absolute Gasteiger partial charge is 0.370 e. The van der Waals surface area contributed by atoms with Gasteiger partial charge in [-0.2, -0.15) is 0 Å². The van der Waals surface area contributed by atoms with Crippen molar-refractivity contribution < 1.29 is 9.59 Å². The van der Waals surface area contributed by atoms with Crippen molar-refractivity contribution in [2.45, 2.75) is 25.8 Å². The number of hydrogen-bond acceptors (Lipinski definition) is 5. The first-order valence-corrected chi connectivity index (χ1v) is 5.37. The second-order valence-electron chi connectivity index (χ2n) is 4.56. The third-order valence-corrected chi connectivity index (χ3v) is 2.24. The van der Waals surface area contributed by atoms with E-state index < -0.39 is 11.4 Å². The number of primary amides is 1. The van der Waals surface area contributed by atoms with Gasteiger partial charge < -0.3 is 16.5 Å². The predicted octanol–water partition coefficient (Wildman–Crippen LogP) is -0.249. The summed E-state index contributed by atoms with van der Waals surface area (Å²) >= 11 is 0. The van der Waals surface area contributed by atoms with Crippen LogP contribution < -0.4 is 22.3 Å². The summed E-state index contributed by atoms with van der Waals surface area (Å²) in [4.78, 5) is 26.7. The number of nitrogens with one attached hydrogen (secondary N) is 2. The molecule has 0 aromatic carbocycles. The molecule has 98 valence electrons. The number of rotatable bonds is 5. The van der Waals surface area contributed by atoms with Gasteiger partial charge in [0.1, 0.15) is 5.82 Å². The first-order chi connectivity index (χ1) is 8.34. The van der Waals surface area contributed by atoms with Crippen LogP contribution in [0.2, 0.25) is 0 Å². The van der Waals surface area contributed by atoms with Crippen LogP contribution >= 0.6 is 0 Å². The fraction of sp³-hybridized carbons (Fsp3) is 0.364. The molecule has 0 aliphatic rings. The predicted molar refractivity (Wildman–Crippen MR) is 67.4 cm³/mol. The molecule has 0 saturated heterocycles. The van der Waals surface area contributed by atoms with E-state index in [0.29, 0.717) is 11.4 Å². The second-order valence-corrected chi connectivity index (χ2v) is 4.56. The summed E-state index contributed by atoms with van der Waals surface area (Å²) in [5, 5.41) is 2.71. The fourth-order valence-corrected chi connectivity index (χ4v) is 1.47. The standard InChI is InChI=1S/C11H17N5O2/c1-11(2,5-8(12)17)15-10(18)7-3-4-9(16-13)14-6-7/h3-4,6H,5,13H2,1-2H3,(H2,12,17)(H,14,16)(H,15,18). The van der Waals surface area contributed by atoms with E-state index in [4.69, 9.17) is 11.6 Å². The Morgan fingerprint density at radius 3 is 2.50 bits per heavy atom. The second kappa shape index (κ2) is 5.46. The zero-order valence-electron chi connectivity index (χ0n) is 10.4. The number of aromatic nitrogens is 1. The highest BCUT2D eigenvalue weighted by atomic mass is 16.2. The number of carbonyl (C=O) groups is 2. The highest BCUT2D eigenvalue weighted by Gasteiger charge is 2.23. The van der Waals surface area contributed by atoms with Crippen molar-refractivity contribution >= 4 is 17.6 Å². The van der Waals surface area contributed by atoms with E-state index in [2.05, 4.69) is 15.7 Å². The lowest BCUT2D eigenvalue weighted by molar-refractivity contribution is -0.119. The maximum Gasteiger partial charge on any atom is 0.253 e. The zero-order valence-corrected chi connectivity index (χ0v) is 10.4. The zero-order chi connectivity index (χ0) is 13.8. The van der Waals surface area contributed by atoms with Crippen molar-refractivity contribution in [2.75, 3.05) is 5.43 Å². The quantitative estimate of drug-likeness (QED) is 0.424. The summed E-state index contributed by atoms with van der Waals surface area (Å²) in [6, 6.07) is 3.16. The molecule has 6 N–H and O–H groups in total. The van der Waals surface area contributed by atoms with Crippen LogP contribution in [0.15, 0.2) is 18.3 Å². The average molecular weight is 251 g/mol. The number of amides is 2. The molecule has 0 aliphatic heterocycles. The number of carbonyl (C=O) groups excluding carboxylic acids is 2. The van der Waals surface area contributed by atoms with Gasteiger partial charge in [-0.1, -0.05) is 0 Å². The van der Waals surface area contributed by atoms with Gasteiger partial charge in [0.05, 0.1) is 5.56 Å². The van der Waals surface area contributed by atoms with Crippen LogP contribution in [0.25, 0.3) is 0 Å². The third-order valence-electron chi connectivity index (χ3n) is 2.24.